The maximum absolute atomic E-state index is 12.2. The maximum Gasteiger partial charge on any atom is 0.315 e. The molecule has 0 amide bonds. The van der Waals surface area contributed by atoms with Crippen LogP contribution in [0.25, 0.3) is 11.3 Å². The summed E-state index contributed by atoms with van der Waals surface area (Å²) in [5.74, 6) is -0.727. The van der Waals surface area contributed by atoms with E-state index < -0.39 is 21.9 Å². The van der Waals surface area contributed by atoms with Gasteiger partial charge in [-0.15, -0.1) is 0 Å². The van der Waals surface area contributed by atoms with Crippen LogP contribution >= 0.6 is 0 Å². The van der Waals surface area contributed by atoms with Gasteiger partial charge in [-0.25, -0.2) is 10.4 Å². The van der Waals surface area contributed by atoms with Crippen LogP contribution < -0.4 is 15.7 Å². The Morgan fingerprint density at radius 3 is 2.73 bits per heavy atom. The number of phenols is 1. The van der Waals surface area contributed by atoms with E-state index in [2.05, 4.69) is 20.5 Å². The van der Waals surface area contributed by atoms with Gasteiger partial charge < -0.3 is 9.84 Å². The Kier molecular flexibility index (Phi) is 5.69. The number of anilines is 1. The van der Waals surface area contributed by atoms with E-state index in [0.717, 1.165) is 6.07 Å². The van der Waals surface area contributed by atoms with E-state index in [1.54, 1.807) is 30.3 Å². The van der Waals surface area contributed by atoms with Crippen molar-refractivity contribution in [3.8, 4) is 28.8 Å². The molecule has 0 saturated carbocycles. The van der Waals surface area contributed by atoms with Gasteiger partial charge in [0.25, 0.3) is 5.56 Å². The number of methoxy groups -OCH3 is 1. The Morgan fingerprint density at radius 1 is 1.37 bits per heavy atom. The van der Waals surface area contributed by atoms with E-state index >= 15 is 0 Å². The van der Waals surface area contributed by atoms with Crippen molar-refractivity contribution in [3.05, 3.63) is 74.1 Å². The van der Waals surface area contributed by atoms with Crippen molar-refractivity contribution < 1.29 is 14.8 Å². The van der Waals surface area contributed by atoms with Crippen LogP contribution in [0.3, 0.4) is 0 Å². The summed E-state index contributed by atoms with van der Waals surface area (Å²) in [6, 6.07) is 13.0. The number of nitrogens with zero attached hydrogens (tertiary/aromatic N) is 4. The molecule has 0 fully saturated rings. The third kappa shape index (κ3) is 4.07. The molecule has 1 aromatic heterocycles. The Bertz CT molecular complexity index is 1230. The number of nitriles is 1. The zero-order valence-electron chi connectivity index (χ0n) is 15.5. The number of hydrogen-bond donors (Lipinski definition) is 3. The monoisotopic (exact) mass is 406 g/mol. The van der Waals surface area contributed by atoms with Gasteiger partial charge in [0.05, 0.1) is 23.9 Å². The zero-order valence-corrected chi connectivity index (χ0v) is 15.5. The topological polar surface area (TPSA) is 167 Å². The van der Waals surface area contributed by atoms with Gasteiger partial charge in [0.2, 0.25) is 11.7 Å². The van der Waals surface area contributed by atoms with Crippen molar-refractivity contribution in [1.82, 2.24) is 9.97 Å². The molecule has 11 nitrogen and oxygen atoms in total. The molecule has 0 unspecified atom stereocenters. The lowest BCUT2D eigenvalue weighted by Crippen LogP contribution is -2.16. The number of rotatable bonds is 6. The SMILES string of the molecule is COc1cc(C=NNc2nc(-c3ccccc3)c(C#N)c(=O)[nH]2)cc([N+](=O)[O-])c1O. The summed E-state index contributed by atoms with van der Waals surface area (Å²) in [6.45, 7) is 0. The summed E-state index contributed by atoms with van der Waals surface area (Å²) in [4.78, 5) is 29.1. The van der Waals surface area contributed by atoms with Gasteiger partial charge in [0, 0.05) is 17.2 Å². The average Bonchev–Trinajstić information content (AvgIpc) is 2.74. The molecule has 0 spiro atoms. The molecule has 3 rings (SSSR count). The van der Waals surface area contributed by atoms with Crippen LogP contribution in [0.1, 0.15) is 11.1 Å². The highest BCUT2D eigenvalue weighted by molar-refractivity contribution is 5.83. The normalized spacial score (nSPS) is 10.5. The summed E-state index contributed by atoms with van der Waals surface area (Å²) < 4.78 is 4.92. The van der Waals surface area contributed by atoms with E-state index in [-0.39, 0.29) is 28.5 Å². The summed E-state index contributed by atoms with van der Waals surface area (Å²) >= 11 is 0. The minimum atomic E-state index is -0.756. The van der Waals surface area contributed by atoms with Gasteiger partial charge in [-0.2, -0.15) is 10.4 Å². The Balaban J connectivity index is 1.93. The average molecular weight is 406 g/mol. The standard InChI is InChI=1S/C19H14N6O5/c1-30-15-8-11(7-14(17(15)26)25(28)29)10-21-24-19-22-16(12-5-3-2-4-6-12)13(9-20)18(27)23-19/h2-8,10,26H,1H3,(H2,22,23,24,27). The third-order valence-corrected chi connectivity index (χ3v) is 3.96. The number of phenolic OH excluding ortho intramolecular Hbond substituents is 1. The fraction of sp³-hybridized carbons (Fsp3) is 0.0526. The zero-order chi connectivity index (χ0) is 21.7. The van der Waals surface area contributed by atoms with Crippen molar-refractivity contribution in [2.75, 3.05) is 12.5 Å². The smallest absolute Gasteiger partial charge is 0.315 e. The molecule has 0 aliphatic carbocycles. The highest BCUT2D eigenvalue weighted by atomic mass is 16.6. The molecule has 0 saturated heterocycles. The van der Waals surface area contributed by atoms with E-state index in [4.69, 9.17) is 4.74 Å². The lowest BCUT2D eigenvalue weighted by molar-refractivity contribution is -0.386. The Hall–Kier alpha value is -4.72. The maximum atomic E-state index is 12.2. The van der Waals surface area contributed by atoms with E-state index in [1.165, 1.54) is 19.4 Å². The minimum absolute atomic E-state index is 0.0330. The third-order valence-electron chi connectivity index (χ3n) is 3.96. The second kappa shape index (κ2) is 8.53. The van der Waals surface area contributed by atoms with Crippen molar-refractivity contribution in [3.63, 3.8) is 0 Å². The molecule has 0 aliphatic heterocycles. The number of aromatic amines is 1. The summed E-state index contributed by atoms with van der Waals surface area (Å²) in [5.41, 5.74) is 2.19. The largest absolute Gasteiger partial charge is 0.500 e. The number of aromatic nitrogens is 2. The summed E-state index contributed by atoms with van der Waals surface area (Å²) in [7, 11) is 1.26. The van der Waals surface area contributed by atoms with Crippen LogP contribution in [-0.4, -0.2) is 33.3 Å². The minimum Gasteiger partial charge on any atom is -0.500 e. The molecule has 0 aliphatic rings. The summed E-state index contributed by atoms with van der Waals surface area (Å²) in [5, 5.41) is 34.0. The Morgan fingerprint density at radius 2 is 2.10 bits per heavy atom. The first-order chi connectivity index (χ1) is 14.4. The predicted molar refractivity (Wildman–Crippen MR) is 108 cm³/mol. The number of hydrazone groups is 1. The Labute approximate surface area is 169 Å². The number of nitro benzene ring substituents is 1. The molecule has 0 atom stereocenters. The second-order valence-corrected chi connectivity index (χ2v) is 5.83. The number of benzene rings is 2. The van der Waals surface area contributed by atoms with E-state index in [1.807, 2.05) is 6.07 Å². The molecule has 1 heterocycles. The van der Waals surface area contributed by atoms with Crippen LogP contribution in [0.2, 0.25) is 0 Å². The molecule has 3 aromatic rings. The molecule has 30 heavy (non-hydrogen) atoms. The number of aromatic hydroxyl groups is 1. The molecule has 0 radical (unpaired) electrons. The van der Waals surface area contributed by atoms with Gasteiger partial charge >= 0.3 is 5.69 Å². The number of nitrogens with one attached hydrogen (secondary N) is 2. The lowest BCUT2D eigenvalue weighted by atomic mass is 10.1. The van der Waals surface area contributed by atoms with Gasteiger partial charge in [-0.05, 0) is 6.07 Å². The van der Waals surface area contributed by atoms with Crippen LogP contribution in [0.15, 0.2) is 52.4 Å². The fourth-order valence-electron chi connectivity index (χ4n) is 2.59. The van der Waals surface area contributed by atoms with Crippen LogP contribution in [0, 0.1) is 21.4 Å². The van der Waals surface area contributed by atoms with Crippen LogP contribution in [-0.2, 0) is 0 Å². The number of hydrogen-bond acceptors (Lipinski definition) is 9. The van der Waals surface area contributed by atoms with Crippen molar-refractivity contribution in [2.24, 2.45) is 5.10 Å². The number of ether oxygens (including phenoxy) is 1. The van der Waals surface area contributed by atoms with Crippen molar-refractivity contribution >= 4 is 17.9 Å². The first-order valence-corrected chi connectivity index (χ1v) is 8.39. The van der Waals surface area contributed by atoms with Crippen LogP contribution in [0.4, 0.5) is 11.6 Å². The van der Waals surface area contributed by atoms with E-state index in [9.17, 15) is 25.3 Å². The van der Waals surface area contributed by atoms with Gasteiger partial charge in [0.1, 0.15) is 11.6 Å². The highest BCUT2D eigenvalue weighted by Crippen LogP contribution is 2.36. The van der Waals surface area contributed by atoms with Gasteiger partial charge in [0.15, 0.2) is 5.75 Å². The quantitative estimate of drug-likeness (QED) is 0.319. The van der Waals surface area contributed by atoms with Crippen LogP contribution in [0.5, 0.6) is 11.5 Å². The molecular weight excluding hydrogens is 392 g/mol. The van der Waals surface area contributed by atoms with Gasteiger partial charge in [-0.3, -0.25) is 19.9 Å². The molecule has 3 N–H and O–H groups in total. The van der Waals surface area contributed by atoms with Crippen molar-refractivity contribution in [2.45, 2.75) is 0 Å². The summed E-state index contributed by atoms with van der Waals surface area (Å²) in [6.07, 6.45) is 1.22. The molecule has 11 heteroatoms. The predicted octanol–water partition coefficient (Wildman–Crippen LogP) is 2.38. The fourth-order valence-corrected chi connectivity index (χ4v) is 2.59. The highest BCUT2D eigenvalue weighted by Gasteiger charge is 2.19. The van der Waals surface area contributed by atoms with Gasteiger partial charge in [-0.1, -0.05) is 30.3 Å². The first-order valence-electron chi connectivity index (χ1n) is 8.39. The lowest BCUT2D eigenvalue weighted by Gasteiger charge is -2.06. The second-order valence-electron chi connectivity index (χ2n) is 5.83. The van der Waals surface area contributed by atoms with E-state index in [0.29, 0.717) is 5.56 Å². The number of H-pyrrole nitrogens is 1. The molecular formula is C19H14N6O5. The first kappa shape index (κ1) is 20.0. The number of nitro groups is 1. The molecule has 2 aromatic carbocycles. The molecule has 0 bridgehead atoms. The molecule has 150 valence electrons. The van der Waals surface area contributed by atoms with Crippen molar-refractivity contribution in [1.29, 1.82) is 5.26 Å².